The lowest BCUT2D eigenvalue weighted by molar-refractivity contribution is -0.126. The molecule has 2 bridgehead atoms. The number of allylic oxidation sites excluding steroid dienone is 2. The molecular weight excluding hydrogens is 719 g/mol. The van der Waals surface area contributed by atoms with Crippen molar-refractivity contribution in [2.24, 2.45) is 10.4 Å². The molecule has 4 aromatic rings. The summed E-state index contributed by atoms with van der Waals surface area (Å²) in [7, 11) is 3.63. The number of hydrogen-bond acceptors (Lipinski definition) is 7. The van der Waals surface area contributed by atoms with Gasteiger partial charge in [0.2, 0.25) is 11.3 Å². The highest BCUT2D eigenvalue weighted by molar-refractivity contribution is 7.17. The predicted molar refractivity (Wildman–Crippen MR) is 228 cm³/mol. The molecule has 1 atom stereocenters. The summed E-state index contributed by atoms with van der Waals surface area (Å²) >= 11 is 1.41. The lowest BCUT2D eigenvalue weighted by Gasteiger charge is -2.34. The second-order valence-corrected chi connectivity index (χ2v) is 18.5. The summed E-state index contributed by atoms with van der Waals surface area (Å²) in [6, 6.07) is 12.4. The van der Waals surface area contributed by atoms with Gasteiger partial charge in [-0.25, -0.2) is 0 Å². The van der Waals surface area contributed by atoms with E-state index in [1.807, 2.05) is 42.9 Å². The number of anilines is 1. The summed E-state index contributed by atoms with van der Waals surface area (Å²) in [4.78, 5) is 49.7. The van der Waals surface area contributed by atoms with Crippen LogP contribution in [-0.2, 0) is 11.2 Å². The molecule has 1 saturated carbocycles. The maximum Gasteiger partial charge on any atom is 0.270 e. The van der Waals surface area contributed by atoms with Gasteiger partial charge in [-0.3, -0.25) is 19.4 Å². The van der Waals surface area contributed by atoms with Crippen LogP contribution in [0.3, 0.4) is 0 Å². The minimum atomic E-state index is -0.398. The molecule has 1 radical (unpaired) electrons. The number of aromatic nitrogens is 1. The van der Waals surface area contributed by atoms with Crippen molar-refractivity contribution in [1.29, 1.82) is 0 Å². The van der Waals surface area contributed by atoms with Gasteiger partial charge in [0.1, 0.15) is 21.4 Å². The Hall–Kier alpha value is -4.96. The molecule has 1 unspecified atom stereocenters. The largest absolute Gasteiger partial charge is 0.439 e. The Morgan fingerprint density at radius 1 is 1.05 bits per heavy atom. The molecule has 9 nitrogen and oxygen atoms in total. The zero-order valence-electron chi connectivity index (χ0n) is 33.4. The Labute approximate surface area is 334 Å². The summed E-state index contributed by atoms with van der Waals surface area (Å²) in [5, 5.41) is 3.05. The van der Waals surface area contributed by atoms with Crippen molar-refractivity contribution >= 4 is 45.4 Å². The van der Waals surface area contributed by atoms with Crippen LogP contribution in [-0.4, -0.2) is 72.0 Å². The smallest absolute Gasteiger partial charge is 0.270 e. The zero-order valence-corrected chi connectivity index (χ0v) is 34.2. The number of thiophene rings is 1. The maximum absolute atomic E-state index is 13.2. The van der Waals surface area contributed by atoms with Crippen LogP contribution in [0.5, 0.6) is 0 Å². The molecule has 3 aromatic heterocycles. The summed E-state index contributed by atoms with van der Waals surface area (Å²) in [6.45, 7) is 11.2. The van der Waals surface area contributed by atoms with Crippen LogP contribution in [0.15, 0.2) is 91.4 Å². The third-order valence-electron chi connectivity index (χ3n) is 10.8. The molecule has 0 spiro atoms. The molecule has 0 N–H and O–H groups in total. The SMILES string of the molecule is CC(C)(C)C.CN(C)C(=O)c1cc2c(n1C1CCCC1)=NC1(/C=C/Cc3ccc(-c4csc5c(=O)cc(N6CCN(C(=O)C7=C[CH]7)CC6)oc45)cc3)C=C(C=2)C1.[HH]. The van der Waals surface area contributed by atoms with E-state index in [0.717, 1.165) is 58.8 Å². The lowest BCUT2D eigenvalue weighted by Crippen LogP contribution is -2.48. The minimum Gasteiger partial charge on any atom is -0.439 e. The Kier molecular flexibility index (Phi) is 10.1. The Morgan fingerprint density at radius 3 is 2.38 bits per heavy atom. The average molecular weight is 773 g/mol. The monoisotopic (exact) mass is 772 g/mol. The molecule has 56 heavy (non-hydrogen) atoms. The van der Waals surface area contributed by atoms with Crippen molar-refractivity contribution in [3.63, 3.8) is 0 Å². The molecular formula is C46H54N5O4S. The van der Waals surface area contributed by atoms with Crippen molar-refractivity contribution in [2.45, 2.75) is 77.8 Å². The molecule has 3 aliphatic carbocycles. The first-order valence-corrected chi connectivity index (χ1v) is 20.8. The van der Waals surface area contributed by atoms with Gasteiger partial charge in [0, 0.05) is 88.4 Å². The van der Waals surface area contributed by atoms with E-state index in [1.54, 1.807) is 11.0 Å². The van der Waals surface area contributed by atoms with Gasteiger partial charge in [-0.05, 0) is 59.6 Å². The number of amides is 2. The molecule has 1 saturated heterocycles. The number of piperazine rings is 1. The fourth-order valence-electron chi connectivity index (χ4n) is 8.01. The van der Waals surface area contributed by atoms with Gasteiger partial charge in [0.05, 0.1) is 0 Å². The number of carbonyl (C=O) groups is 2. The van der Waals surface area contributed by atoms with Crippen LogP contribution in [0.1, 0.15) is 83.3 Å². The van der Waals surface area contributed by atoms with Crippen LogP contribution < -0.4 is 21.0 Å². The molecule has 6 aliphatic rings. The number of rotatable bonds is 8. The zero-order chi connectivity index (χ0) is 39.4. The van der Waals surface area contributed by atoms with Gasteiger partial charge < -0.3 is 23.7 Å². The van der Waals surface area contributed by atoms with Gasteiger partial charge in [0.15, 0.2) is 11.5 Å². The van der Waals surface area contributed by atoms with Crippen molar-refractivity contribution in [2.75, 3.05) is 45.2 Å². The van der Waals surface area contributed by atoms with Crippen LogP contribution in [0, 0.1) is 11.8 Å². The van der Waals surface area contributed by atoms with Crippen molar-refractivity contribution < 1.29 is 15.4 Å². The Balaban J connectivity index is 0.000000780. The fourth-order valence-corrected chi connectivity index (χ4v) is 8.92. The third-order valence-corrected chi connectivity index (χ3v) is 11.8. The van der Waals surface area contributed by atoms with E-state index in [1.165, 1.54) is 35.3 Å². The molecule has 2 amide bonds. The molecule has 3 aliphatic heterocycles. The second-order valence-electron chi connectivity index (χ2n) is 17.6. The first-order chi connectivity index (χ1) is 26.7. The number of nitrogens with zero attached hydrogens (tertiary/aromatic N) is 5. The average Bonchev–Trinajstić information content (AvgIpc) is 3.61. The summed E-state index contributed by atoms with van der Waals surface area (Å²) in [5.41, 5.74) is 7.48. The summed E-state index contributed by atoms with van der Waals surface area (Å²) in [6.07, 6.45) is 18.7. The number of hydrogen-bond donors (Lipinski definition) is 0. The lowest BCUT2D eigenvalue weighted by atomic mass is 9.79. The minimum absolute atomic E-state index is 0. The van der Waals surface area contributed by atoms with Crippen LogP contribution >= 0.6 is 11.3 Å². The quantitative estimate of drug-likeness (QED) is 0.173. The van der Waals surface area contributed by atoms with E-state index in [-0.39, 0.29) is 18.7 Å². The van der Waals surface area contributed by atoms with E-state index in [4.69, 9.17) is 9.41 Å². The first kappa shape index (κ1) is 37.9. The van der Waals surface area contributed by atoms with Crippen LogP contribution in [0.4, 0.5) is 5.88 Å². The van der Waals surface area contributed by atoms with E-state index in [2.05, 4.69) is 85.7 Å². The van der Waals surface area contributed by atoms with Gasteiger partial charge in [-0.1, -0.05) is 83.0 Å². The number of benzene rings is 1. The molecule has 6 heterocycles. The predicted octanol–water partition coefficient (Wildman–Crippen LogP) is 7.51. The first-order valence-electron chi connectivity index (χ1n) is 19.9. The highest BCUT2D eigenvalue weighted by Gasteiger charge is 2.36. The normalized spacial score (nSPS) is 20.2. The highest BCUT2D eigenvalue weighted by Crippen LogP contribution is 2.39. The van der Waals surface area contributed by atoms with E-state index in [9.17, 15) is 14.4 Å². The van der Waals surface area contributed by atoms with Crippen molar-refractivity contribution in [3.8, 4) is 11.1 Å². The topological polar surface area (TPSA) is 91.4 Å². The maximum atomic E-state index is 13.2. The van der Waals surface area contributed by atoms with Crippen LogP contribution in [0.25, 0.3) is 27.5 Å². The van der Waals surface area contributed by atoms with E-state index < -0.39 is 5.54 Å². The van der Waals surface area contributed by atoms with Crippen molar-refractivity contribution in [3.05, 3.63) is 116 Å². The second kappa shape index (κ2) is 14.8. The summed E-state index contributed by atoms with van der Waals surface area (Å²) < 4.78 is 9.26. The van der Waals surface area contributed by atoms with E-state index >= 15 is 0 Å². The molecule has 2 fully saturated rings. The standard InChI is InChI=1S/C41H40N5O4S.C5H12.H2/c1-43(2)40(49)33-21-30-20-27-23-41(24-27,42-38(30)46(33)31-7-3-4-8-31)15-5-6-26-9-11-28(12-10-26)32-25-51-37-34(47)22-35(50-36(32)37)44-16-18-45(19-17-44)39(48)29-13-14-29;1-5(2,3)4;/h5,9-15,20-23,25,31H,3-4,6-8,16-19,24H2,1-2H3;1-4H3;1H/b15-5+;;. The van der Waals surface area contributed by atoms with Gasteiger partial charge >= 0.3 is 0 Å². The molecule has 10 rings (SSSR count). The van der Waals surface area contributed by atoms with Gasteiger partial charge in [0.25, 0.3) is 5.91 Å². The molecule has 293 valence electrons. The Morgan fingerprint density at radius 2 is 1.73 bits per heavy atom. The van der Waals surface area contributed by atoms with Crippen molar-refractivity contribution in [1.82, 2.24) is 14.4 Å². The van der Waals surface area contributed by atoms with Gasteiger partial charge in [-0.15, -0.1) is 11.3 Å². The number of fused-ring (bicyclic) bond motifs is 1. The number of carbonyl (C=O) groups excluding carboxylic acids is 2. The molecule has 1 aromatic carbocycles. The van der Waals surface area contributed by atoms with Gasteiger partial charge in [-0.2, -0.15) is 0 Å². The van der Waals surface area contributed by atoms with Crippen LogP contribution in [0.2, 0.25) is 0 Å². The van der Waals surface area contributed by atoms with E-state index in [0.29, 0.717) is 53.8 Å². The highest BCUT2D eigenvalue weighted by atomic mass is 32.1. The Bertz CT molecular complexity index is 2460. The fraction of sp³-hybridized carbons (Fsp3) is 0.413. The molecule has 10 heteroatoms. The summed E-state index contributed by atoms with van der Waals surface area (Å²) in [5.74, 6) is 0.658. The third kappa shape index (κ3) is 7.85.